The summed E-state index contributed by atoms with van der Waals surface area (Å²) < 4.78 is 31.3. The maximum Gasteiger partial charge on any atom is 0.182 e. The molecule has 0 unspecified atom stereocenters. The van der Waals surface area contributed by atoms with Crippen molar-refractivity contribution >= 4 is 9.84 Å². The molecule has 0 atom stereocenters. The summed E-state index contributed by atoms with van der Waals surface area (Å²) in [7, 11) is -3.31. The van der Waals surface area contributed by atoms with Crippen LogP contribution in [0, 0.1) is 0 Å². The molecule has 144 valence electrons. The van der Waals surface area contributed by atoms with Gasteiger partial charge in [0.25, 0.3) is 0 Å². The number of unbranched alkanes of at least 4 members (excludes halogenated alkanes) is 3. The SMILES string of the molecule is CCCCCC(C)(C)c1ccc(OCCCC)c(S(=O)(=O)CCC)c1. The van der Waals surface area contributed by atoms with E-state index in [4.69, 9.17) is 4.74 Å². The monoisotopic (exact) mass is 368 g/mol. The second-order valence-corrected chi connectivity index (χ2v) is 9.60. The molecule has 0 spiro atoms. The molecular formula is C21H36O3S. The predicted molar refractivity (Wildman–Crippen MR) is 106 cm³/mol. The fourth-order valence-electron chi connectivity index (χ4n) is 2.96. The van der Waals surface area contributed by atoms with Crippen molar-refractivity contribution in [1.82, 2.24) is 0 Å². The Morgan fingerprint density at radius 1 is 0.960 bits per heavy atom. The second-order valence-electron chi connectivity index (χ2n) is 7.52. The number of hydrogen-bond acceptors (Lipinski definition) is 3. The molecule has 25 heavy (non-hydrogen) atoms. The zero-order valence-corrected chi connectivity index (χ0v) is 17.5. The van der Waals surface area contributed by atoms with Crippen LogP contribution in [-0.4, -0.2) is 20.8 Å². The highest BCUT2D eigenvalue weighted by Gasteiger charge is 2.25. The third-order valence-corrected chi connectivity index (χ3v) is 6.63. The molecule has 0 radical (unpaired) electrons. The minimum atomic E-state index is -3.31. The molecule has 0 saturated heterocycles. The van der Waals surface area contributed by atoms with Crippen molar-refractivity contribution < 1.29 is 13.2 Å². The Bertz CT molecular complexity index is 618. The van der Waals surface area contributed by atoms with Crippen LogP contribution in [0.25, 0.3) is 0 Å². The smallest absolute Gasteiger partial charge is 0.182 e. The Kier molecular flexibility index (Phi) is 8.98. The number of ether oxygens (including phenoxy) is 1. The predicted octanol–water partition coefficient (Wildman–Crippen LogP) is 5.91. The lowest BCUT2D eigenvalue weighted by Crippen LogP contribution is -2.18. The molecule has 1 aromatic carbocycles. The first-order chi connectivity index (χ1) is 11.8. The number of rotatable bonds is 12. The fraction of sp³-hybridized carbons (Fsp3) is 0.714. The molecular weight excluding hydrogens is 332 g/mol. The van der Waals surface area contributed by atoms with E-state index in [0.717, 1.165) is 31.2 Å². The van der Waals surface area contributed by atoms with Crippen molar-refractivity contribution in [2.75, 3.05) is 12.4 Å². The lowest BCUT2D eigenvalue weighted by atomic mass is 9.80. The minimum absolute atomic E-state index is 0.0341. The fourth-order valence-corrected chi connectivity index (χ4v) is 4.46. The van der Waals surface area contributed by atoms with Gasteiger partial charge in [0.15, 0.2) is 9.84 Å². The molecule has 0 N–H and O–H groups in total. The lowest BCUT2D eigenvalue weighted by Gasteiger charge is -2.26. The van der Waals surface area contributed by atoms with Crippen LogP contribution < -0.4 is 4.74 Å². The maximum atomic E-state index is 12.7. The van der Waals surface area contributed by atoms with E-state index in [1.54, 1.807) is 0 Å². The van der Waals surface area contributed by atoms with Gasteiger partial charge in [-0.3, -0.25) is 0 Å². The number of hydrogen-bond donors (Lipinski definition) is 0. The third kappa shape index (κ3) is 6.65. The largest absolute Gasteiger partial charge is 0.492 e. The quantitative estimate of drug-likeness (QED) is 0.431. The van der Waals surface area contributed by atoms with E-state index >= 15 is 0 Å². The molecule has 0 fully saturated rings. The highest BCUT2D eigenvalue weighted by Crippen LogP contribution is 2.35. The van der Waals surface area contributed by atoms with Gasteiger partial charge in [-0.1, -0.05) is 66.4 Å². The molecule has 0 aliphatic carbocycles. The highest BCUT2D eigenvalue weighted by molar-refractivity contribution is 7.91. The molecule has 1 aromatic rings. The standard InChI is InChI=1S/C21H36O3S/c1-6-9-11-14-21(4,5)18-12-13-19(24-15-10-7-2)20(17-18)25(22,23)16-8-3/h12-13,17H,6-11,14-16H2,1-5H3. The lowest BCUT2D eigenvalue weighted by molar-refractivity contribution is 0.301. The average Bonchev–Trinajstić information content (AvgIpc) is 2.55. The summed E-state index contributed by atoms with van der Waals surface area (Å²) in [6, 6.07) is 5.76. The Balaban J connectivity index is 3.18. The summed E-state index contributed by atoms with van der Waals surface area (Å²) in [4.78, 5) is 0.367. The first kappa shape index (κ1) is 22.0. The van der Waals surface area contributed by atoms with E-state index in [1.807, 2.05) is 25.1 Å². The number of benzene rings is 1. The summed E-state index contributed by atoms with van der Waals surface area (Å²) in [6.07, 6.45) is 7.19. The van der Waals surface area contributed by atoms with Crippen molar-refractivity contribution in [2.24, 2.45) is 0 Å². The first-order valence-electron chi connectivity index (χ1n) is 9.78. The molecule has 1 rings (SSSR count). The minimum Gasteiger partial charge on any atom is -0.492 e. The summed E-state index contributed by atoms with van der Waals surface area (Å²) in [6.45, 7) is 11.2. The van der Waals surface area contributed by atoms with Crippen LogP contribution in [-0.2, 0) is 15.3 Å². The van der Waals surface area contributed by atoms with Crippen LogP contribution in [0.5, 0.6) is 5.75 Å². The van der Waals surface area contributed by atoms with Gasteiger partial charge < -0.3 is 4.74 Å². The van der Waals surface area contributed by atoms with E-state index in [2.05, 4.69) is 27.7 Å². The van der Waals surface area contributed by atoms with Crippen molar-refractivity contribution in [3.63, 3.8) is 0 Å². The zero-order chi connectivity index (χ0) is 18.9. The molecule has 0 heterocycles. The molecule has 0 amide bonds. The Morgan fingerprint density at radius 3 is 2.24 bits per heavy atom. The first-order valence-corrected chi connectivity index (χ1v) is 11.4. The van der Waals surface area contributed by atoms with Gasteiger partial charge in [-0.25, -0.2) is 8.42 Å². The third-order valence-electron chi connectivity index (χ3n) is 4.69. The highest BCUT2D eigenvalue weighted by atomic mass is 32.2. The van der Waals surface area contributed by atoms with Crippen LogP contribution >= 0.6 is 0 Å². The molecule has 4 heteroatoms. The summed E-state index contributed by atoms with van der Waals surface area (Å²) >= 11 is 0. The Morgan fingerprint density at radius 2 is 1.64 bits per heavy atom. The summed E-state index contributed by atoms with van der Waals surface area (Å²) in [5.41, 5.74) is 1.05. The van der Waals surface area contributed by atoms with E-state index < -0.39 is 9.84 Å². The Hall–Kier alpha value is -1.03. The number of sulfone groups is 1. The summed E-state index contributed by atoms with van der Waals surface area (Å²) in [5.74, 6) is 0.673. The Labute approximate surface area is 155 Å². The van der Waals surface area contributed by atoms with Crippen LogP contribution in [0.3, 0.4) is 0 Å². The van der Waals surface area contributed by atoms with E-state index in [-0.39, 0.29) is 11.2 Å². The van der Waals surface area contributed by atoms with Gasteiger partial charge in [0.1, 0.15) is 10.6 Å². The van der Waals surface area contributed by atoms with Gasteiger partial charge >= 0.3 is 0 Å². The maximum absolute atomic E-state index is 12.7. The van der Waals surface area contributed by atoms with Gasteiger partial charge in [-0.05, 0) is 42.4 Å². The topological polar surface area (TPSA) is 43.4 Å². The molecule has 0 bridgehead atoms. The average molecular weight is 369 g/mol. The van der Waals surface area contributed by atoms with E-state index in [1.165, 1.54) is 12.8 Å². The molecule has 0 aromatic heterocycles. The second kappa shape index (κ2) is 10.2. The molecule has 0 aliphatic rings. The van der Waals surface area contributed by atoms with Gasteiger partial charge in [0.05, 0.1) is 12.4 Å². The van der Waals surface area contributed by atoms with Gasteiger partial charge in [0.2, 0.25) is 0 Å². The van der Waals surface area contributed by atoms with Crippen LogP contribution in [0.15, 0.2) is 23.1 Å². The van der Waals surface area contributed by atoms with Crippen molar-refractivity contribution in [3.05, 3.63) is 23.8 Å². The van der Waals surface area contributed by atoms with Gasteiger partial charge in [-0.2, -0.15) is 0 Å². The van der Waals surface area contributed by atoms with Crippen molar-refractivity contribution in [2.45, 2.75) is 89.9 Å². The van der Waals surface area contributed by atoms with Gasteiger partial charge in [-0.15, -0.1) is 0 Å². The van der Waals surface area contributed by atoms with Crippen molar-refractivity contribution in [1.29, 1.82) is 0 Å². The van der Waals surface area contributed by atoms with Crippen molar-refractivity contribution in [3.8, 4) is 5.75 Å². The molecule has 0 saturated carbocycles. The zero-order valence-electron chi connectivity index (χ0n) is 16.7. The van der Waals surface area contributed by atoms with Crippen LogP contribution in [0.1, 0.15) is 85.1 Å². The normalized spacial score (nSPS) is 12.4. The molecule has 0 aliphatic heterocycles. The van der Waals surface area contributed by atoms with Crippen LogP contribution in [0.2, 0.25) is 0 Å². The van der Waals surface area contributed by atoms with E-state index in [0.29, 0.717) is 23.7 Å². The molecule has 3 nitrogen and oxygen atoms in total. The van der Waals surface area contributed by atoms with Gasteiger partial charge in [0, 0.05) is 0 Å². The van der Waals surface area contributed by atoms with Crippen LogP contribution in [0.4, 0.5) is 0 Å². The summed E-state index contributed by atoms with van der Waals surface area (Å²) in [5, 5.41) is 0. The van der Waals surface area contributed by atoms with E-state index in [9.17, 15) is 8.42 Å².